The first-order valence-electron chi connectivity index (χ1n) is 7.25. The van der Waals surface area contributed by atoms with E-state index < -0.39 is 10.0 Å². The zero-order chi connectivity index (χ0) is 15.5. The van der Waals surface area contributed by atoms with E-state index in [2.05, 4.69) is 37.9 Å². The lowest BCUT2D eigenvalue weighted by atomic mass is 9.83. The Morgan fingerprint density at radius 1 is 1.43 bits per heavy atom. The molecule has 1 aliphatic carbocycles. The molecule has 0 aromatic carbocycles. The Morgan fingerprint density at radius 2 is 2.19 bits per heavy atom. The molecule has 0 saturated heterocycles. The molecule has 7 heteroatoms. The molecule has 0 spiro atoms. The highest BCUT2D eigenvalue weighted by molar-refractivity contribution is 9.10. The lowest BCUT2D eigenvalue weighted by molar-refractivity contribution is 0.283. The maximum atomic E-state index is 12.5. The molecule has 1 heterocycles. The molecule has 0 bridgehead atoms. The molecule has 1 aromatic rings. The lowest BCUT2D eigenvalue weighted by Crippen LogP contribution is -2.32. The Labute approximate surface area is 135 Å². The maximum Gasteiger partial charge on any atom is 0.244 e. The SMILES string of the molecule is CNc1ncc(Br)cc1S(=O)(=O)NCC1CCCC(C)C1. The monoisotopic (exact) mass is 375 g/mol. The highest BCUT2D eigenvalue weighted by Crippen LogP contribution is 2.29. The summed E-state index contributed by atoms with van der Waals surface area (Å²) in [5.41, 5.74) is 0. The molecule has 0 amide bonds. The first-order chi connectivity index (χ1) is 9.92. The highest BCUT2D eigenvalue weighted by atomic mass is 79.9. The van der Waals surface area contributed by atoms with Crippen molar-refractivity contribution in [1.29, 1.82) is 0 Å². The summed E-state index contributed by atoms with van der Waals surface area (Å²) in [7, 11) is -1.88. The molecule has 2 rings (SSSR count). The Kier molecular flexibility index (Phi) is 5.62. The van der Waals surface area contributed by atoms with Crippen molar-refractivity contribution in [3.05, 3.63) is 16.7 Å². The van der Waals surface area contributed by atoms with E-state index in [1.807, 2.05) is 0 Å². The van der Waals surface area contributed by atoms with Crippen molar-refractivity contribution in [1.82, 2.24) is 9.71 Å². The lowest BCUT2D eigenvalue weighted by Gasteiger charge is -2.26. The van der Waals surface area contributed by atoms with Crippen molar-refractivity contribution in [2.45, 2.75) is 37.5 Å². The van der Waals surface area contributed by atoms with Crippen LogP contribution in [0.25, 0.3) is 0 Å². The average Bonchev–Trinajstić information content (AvgIpc) is 2.45. The minimum absolute atomic E-state index is 0.184. The van der Waals surface area contributed by atoms with E-state index in [0.717, 1.165) is 12.8 Å². The molecular formula is C14H22BrN3O2S. The van der Waals surface area contributed by atoms with Crippen LogP contribution in [0, 0.1) is 11.8 Å². The maximum absolute atomic E-state index is 12.5. The van der Waals surface area contributed by atoms with Crippen molar-refractivity contribution in [2.24, 2.45) is 11.8 Å². The van der Waals surface area contributed by atoms with Gasteiger partial charge in [-0.15, -0.1) is 0 Å². The van der Waals surface area contributed by atoms with Crippen molar-refractivity contribution < 1.29 is 8.42 Å². The number of halogens is 1. The second-order valence-electron chi connectivity index (χ2n) is 5.74. The molecular weight excluding hydrogens is 354 g/mol. The number of rotatable bonds is 5. The number of nitrogens with one attached hydrogen (secondary N) is 2. The minimum atomic E-state index is -3.55. The largest absolute Gasteiger partial charge is 0.372 e. The van der Waals surface area contributed by atoms with E-state index in [0.29, 0.717) is 28.7 Å². The van der Waals surface area contributed by atoms with Crippen LogP contribution in [0.4, 0.5) is 5.82 Å². The van der Waals surface area contributed by atoms with Crippen LogP contribution in [-0.2, 0) is 10.0 Å². The summed E-state index contributed by atoms with van der Waals surface area (Å²) in [5.74, 6) is 1.48. The normalized spacial score (nSPS) is 23.0. The van der Waals surface area contributed by atoms with Gasteiger partial charge in [0.1, 0.15) is 10.7 Å². The van der Waals surface area contributed by atoms with Crippen LogP contribution in [-0.4, -0.2) is 27.0 Å². The van der Waals surface area contributed by atoms with Gasteiger partial charge in [0.15, 0.2) is 0 Å². The van der Waals surface area contributed by atoms with E-state index in [-0.39, 0.29) is 4.90 Å². The second-order valence-corrected chi connectivity index (χ2v) is 8.39. The quantitative estimate of drug-likeness (QED) is 0.829. The number of hydrogen-bond donors (Lipinski definition) is 2. The minimum Gasteiger partial charge on any atom is -0.372 e. The molecule has 1 aromatic heterocycles. The smallest absolute Gasteiger partial charge is 0.244 e. The molecule has 1 saturated carbocycles. The van der Waals surface area contributed by atoms with E-state index in [9.17, 15) is 8.42 Å². The number of anilines is 1. The summed E-state index contributed by atoms with van der Waals surface area (Å²) < 4.78 is 28.3. The van der Waals surface area contributed by atoms with E-state index >= 15 is 0 Å². The standard InChI is InChI=1S/C14H22BrN3O2S/c1-10-4-3-5-11(6-10)8-18-21(19,20)13-7-12(15)9-17-14(13)16-2/h7,9-11,18H,3-6,8H2,1-2H3,(H,16,17). The fraction of sp³-hybridized carbons (Fsp3) is 0.643. The first-order valence-corrected chi connectivity index (χ1v) is 9.53. The van der Waals surface area contributed by atoms with Gasteiger partial charge in [-0.1, -0.05) is 19.8 Å². The second kappa shape index (κ2) is 7.07. The van der Waals surface area contributed by atoms with Gasteiger partial charge in [0, 0.05) is 24.3 Å². The summed E-state index contributed by atoms with van der Waals surface area (Å²) >= 11 is 3.27. The Morgan fingerprint density at radius 3 is 2.86 bits per heavy atom. The molecule has 1 fully saturated rings. The first kappa shape index (κ1) is 16.7. The van der Waals surface area contributed by atoms with Crippen molar-refractivity contribution in [3.63, 3.8) is 0 Å². The molecule has 2 N–H and O–H groups in total. The van der Waals surface area contributed by atoms with Gasteiger partial charge in [0.2, 0.25) is 10.0 Å². The summed E-state index contributed by atoms with van der Waals surface area (Å²) in [4.78, 5) is 4.28. The average molecular weight is 376 g/mol. The fourth-order valence-corrected chi connectivity index (χ4v) is 4.65. The molecule has 2 atom stereocenters. The molecule has 0 radical (unpaired) electrons. The van der Waals surface area contributed by atoms with E-state index in [1.165, 1.54) is 12.8 Å². The zero-order valence-electron chi connectivity index (χ0n) is 12.4. The van der Waals surface area contributed by atoms with Gasteiger partial charge in [-0.3, -0.25) is 0 Å². The molecule has 21 heavy (non-hydrogen) atoms. The Bertz CT molecular complexity index is 592. The fourth-order valence-electron chi connectivity index (χ4n) is 2.86. The number of hydrogen-bond acceptors (Lipinski definition) is 4. The third kappa shape index (κ3) is 4.40. The van der Waals surface area contributed by atoms with Crippen molar-refractivity contribution in [3.8, 4) is 0 Å². The zero-order valence-corrected chi connectivity index (χ0v) is 14.8. The number of pyridine rings is 1. The van der Waals surface area contributed by atoms with Crippen LogP contribution in [0.15, 0.2) is 21.6 Å². The van der Waals surface area contributed by atoms with E-state index in [4.69, 9.17) is 0 Å². The van der Waals surface area contributed by atoms with Gasteiger partial charge in [0.25, 0.3) is 0 Å². The third-order valence-electron chi connectivity index (χ3n) is 3.95. The van der Waals surface area contributed by atoms with Crippen LogP contribution >= 0.6 is 15.9 Å². The Hall–Kier alpha value is -0.660. The van der Waals surface area contributed by atoms with Gasteiger partial charge in [-0.2, -0.15) is 0 Å². The summed E-state index contributed by atoms with van der Waals surface area (Å²) in [6.45, 7) is 2.74. The summed E-state index contributed by atoms with van der Waals surface area (Å²) in [5, 5.41) is 2.82. The number of sulfonamides is 1. The van der Waals surface area contributed by atoms with Gasteiger partial charge < -0.3 is 5.32 Å². The van der Waals surface area contributed by atoms with Gasteiger partial charge in [-0.25, -0.2) is 18.1 Å². The molecule has 1 aliphatic rings. The Balaban J connectivity index is 2.09. The van der Waals surface area contributed by atoms with Crippen molar-refractivity contribution >= 4 is 31.8 Å². The predicted molar refractivity (Wildman–Crippen MR) is 87.8 cm³/mol. The number of nitrogens with zero attached hydrogens (tertiary/aromatic N) is 1. The predicted octanol–water partition coefficient (Wildman–Crippen LogP) is 2.99. The van der Waals surface area contributed by atoms with Crippen LogP contribution in [0.3, 0.4) is 0 Å². The van der Waals surface area contributed by atoms with Gasteiger partial charge in [-0.05, 0) is 46.7 Å². The van der Waals surface area contributed by atoms with Crippen LogP contribution in [0.2, 0.25) is 0 Å². The number of aromatic nitrogens is 1. The molecule has 118 valence electrons. The molecule has 5 nitrogen and oxygen atoms in total. The molecule has 2 unspecified atom stereocenters. The van der Waals surface area contributed by atoms with Gasteiger partial charge in [0.05, 0.1) is 0 Å². The third-order valence-corrected chi connectivity index (χ3v) is 5.82. The van der Waals surface area contributed by atoms with Crippen LogP contribution in [0.5, 0.6) is 0 Å². The summed E-state index contributed by atoms with van der Waals surface area (Å²) in [6.07, 6.45) is 6.21. The van der Waals surface area contributed by atoms with Crippen LogP contribution < -0.4 is 10.0 Å². The van der Waals surface area contributed by atoms with Crippen LogP contribution in [0.1, 0.15) is 32.6 Å². The van der Waals surface area contributed by atoms with E-state index in [1.54, 1.807) is 19.3 Å². The molecule has 0 aliphatic heterocycles. The topological polar surface area (TPSA) is 71.1 Å². The highest BCUT2D eigenvalue weighted by Gasteiger charge is 2.24. The summed E-state index contributed by atoms with van der Waals surface area (Å²) in [6, 6.07) is 1.57. The van der Waals surface area contributed by atoms with Crippen molar-refractivity contribution in [2.75, 3.05) is 18.9 Å². The van der Waals surface area contributed by atoms with Gasteiger partial charge >= 0.3 is 0 Å².